The molecule has 4 aromatic rings. The number of nitrogens with zero attached hydrogens (tertiary/aromatic N) is 7. The summed E-state index contributed by atoms with van der Waals surface area (Å²) in [4.78, 5) is 8.63. The van der Waals surface area contributed by atoms with Crippen molar-refractivity contribution in [3.63, 3.8) is 0 Å². The van der Waals surface area contributed by atoms with E-state index in [4.69, 9.17) is 9.47 Å². The molecule has 11 nitrogen and oxygen atoms in total. The molecule has 0 amide bonds. The molecule has 190 valence electrons. The van der Waals surface area contributed by atoms with Gasteiger partial charge in [0.25, 0.3) is 0 Å². The SMILES string of the molecule is COc1cccc(OC)c1-n1c(CS(=O)(=O)[C@@H](C)[C@H](C)c2cnc(C)cn2)nnc1-c1ccn(C)n1. The average Bonchev–Trinajstić information content (AvgIpc) is 3.48. The Morgan fingerprint density at radius 1 is 1.00 bits per heavy atom. The summed E-state index contributed by atoms with van der Waals surface area (Å²) < 4.78 is 41.7. The Kier molecular flexibility index (Phi) is 7.07. The number of para-hydroxylation sites is 1. The third kappa shape index (κ3) is 4.81. The lowest BCUT2D eigenvalue weighted by atomic mass is 10.1. The molecule has 0 fully saturated rings. The zero-order valence-corrected chi connectivity index (χ0v) is 21.9. The number of benzene rings is 1. The Labute approximate surface area is 210 Å². The van der Waals surface area contributed by atoms with E-state index in [0.717, 1.165) is 5.69 Å². The van der Waals surface area contributed by atoms with E-state index in [9.17, 15) is 8.42 Å². The summed E-state index contributed by atoms with van der Waals surface area (Å²) >= 11 is 0. The van der Waals surface area contributed by atoms with Gasteiger partial charge >= 0.3 is 0 Å². The van der Waals surface area contributed by atoms with Gasteiger partial charge in [0, 0.05) is 31.6 Å². The van der Waals surface area contributed by atoms with Gasteiger partial charge in [-0.2, -0.15) is 5.10 Å². The highest BCUT2D eigenvalue weighted by Gasteiger charge is 2.32. The molecule has 0 saturated heterocycles. The molecule has 0 aliphatic heterocycles. The van der Waals surface area contributed by atoms with Gasteiger partial charge < -0.3 is 9.47 Å². The normalized spacial score (nSPS) is 13.4. The smallest absolute Gasteiger partial charge is 0.189 e. The highest BCUT2D eigenvalue weighted by Crippen LogP contribution is 2.36. The van der Waals surface area contributed by atoms with Crippen molar-refractivity contribution in [2.45, 2.75) is 37.7 Å². The maximum absolute atomic E-state index is 13.6. The van der Waals surface area contributed by atoms with E-state index in [2.05, 4.69) is 25.3 Å². The van der Waals surface area contributed by atoms with Crippen LogP contribution in [0, 0.1) is 6.92 Å². The van der Waals surface area contributed by atoms with Gasteiger partial charge in [0.05, 0.1) is 30.9 Å². The lowest BCUT2D eigenvalue weighted by Gasteiger charge is -2.21. The van der Waals surface area contributed by atoms with Crippen LogP contribution in [0.15, 0.2) is 42.9 Å². The molecule has 0 aliphatic rings. The standard InChI is InChI=1S/C24H29N7O4S/c1-15-12-26-19(13-25-15)16(2)17(3)36(32,33)14-22-27-28-24(18-10-11-30(4)29-18)31(22)23-20(34-5)8-7-9-21(23)35-6/h7-13,16-17H,14H2,1-6H3/t16-,17-/m0/s1. The van der Waals surface area contributed by atoms with Gasteiger partial charge in [-0.05, 0) is 32.0 Å². The fraction of sp³-hybridized carbons (Fsp3) is 0.375. The Bertz CT molecular complexity index is 1440. The molecular weight excluding hydrogens is 482 g/mol. The molecule has 0 bridgehead atoms. The molecule has 1 aromatic carbocycles. The summed E-state index contributed by atoms with van der Waals surface area (Å²) in [6, 6.07) is 7.09. The van der Waals surface area contributed by atoms with E-state index in [1.54, 1.807) is 66.1 Å². The maximum Gasteiger partial charge on any atom is 0.189 e. The second-order valence-electron chi connectivity index (χ2n) is 8.54. The molecule has 0 unspecified atom stereocenters. The second-order valence-corrected chi connectivity index (χ2v) is 10.9. The number of hydrogen-bond acceptors (Lipinski definition) is 9. The van der Waals surface area contributed by atoms with Crippen LogP contribution in [0.25, 0.3) is 17.2 Å². The number of hydrogen-bond donors (Lipinski definition) is 0. The molecule has 0 N–H and O–H groups in total. The first-order valence-electron chi connectivity index (χ1n) is 11.3. The molecule has 2 atom stereocenters. The summed E-state index contributed by atoms with van der Waals surface area (Å²) in [5.41, 5.74) is 2.39. The van der Waals surface area contributed by atoms with Crippen LogP contribution in [0.2, 0.25) is 0 Å². The van der Waals surface area contributed by atoms with Crippen LogP contribution < -0.4 is 9.47 Å². The Hall–Kier alpha value is -3.80. The van der Waals surface area contributed by atoms with Crippen molar-refractivity contribution in [2.75, 3.05) is 14.2 Å². The minimum Gasteiger partial charge on any atom is -0.494 e. The van der Waals surface area contributed by atoms with Crippen LogP contribution in [-0.2, 0) is 22.6 Å². The molecule has 0 radical (unpaired) electrons. The Balaban J connectivity index is 1.81. The van der Waals surface area contributed by atoms with Gasteiger partial charge in [-0.25, -0.2) is 8.42 Å². The number of aryl methyl sites for hydroxylation is 2. The van der Waals surface area contributed by atoms with Gasteiger partial charge in [-0.3, -0.25) is 19.2 Å². The quantitative estimate of drug-likeness (QED) is 0.333. The summed E-state index contributed by atoms with van der Waals surface area (Å²) in [5.74, 6) is 0.790. The van der Waals surface area contributed by atoms with Gasteiger partial charge in [-0.15, -0.1) is 10.2 Å². The fourth-order valence-electron chi connectivity index (χ4n) is 3.90. The predicted octanol–water partition coefficient (Wildman–Crippen LogP) is 2.89. The molecule has 12 heteroatoms. The molecule has 0 aliphatic carbocycles. The first-order chi connectivity index (χ1) is 17.2. The number of aromatic nitrogens is 7. The zero-order valence-electron chi connectivity index (χ0n) is 21.1. The van der Waals surface area contributed by atoms with Crippen LogP contribution in [0.3, 0.4) is 0 Å². The van der Waals surface area contributed by atoms with Crippen LogP contribution >= 0.6 is 0 Å². The van der Waals surface area contributed by atoms with E-state index in [1.807, 2.05) is 13.8 Å². The van der Waals surface area contributed by atoms with Gasteiger partial charge in [0.15, 0.2) is 21.5 Å². The van der Waals surface area contributed by atoms with Crippen molar-refractivity contribution in [3.05, 3.63) is 60.1 Å². The number of methoxy groups -OCH3 is 2. The number of ether oxygens (including phenoxy) is 2. The highest BCUT2D eigenvalue weighted by molar-refractivity contribution is 7.91. The molecular formula is C24H29N7O4S. The molecule has 4 rings (SSSR count). The summed E-state index contributed by atoms with van der Waals surface area (Å²) in [6.07, 6.45) is 5.03. The van der Waals surface area contributed by atoms with Gasteiger partial charge in [0.1, 0.15) is 28.6 Å². The second kappa shape index (κ2) is 10.1. The van der Waals surface area contributed by atoms with E-state index in [1.165, 1.54) is 14.2 Å². The Morgan fingerprint density at radius 2 is 1.69 bits per heavy atom. The van der Waals surface area contributed by atoms with Crippen LogP contribution in [0.1, 0.15) is 37.0 Å². The lowest BCUT2D eigenvalue weighted by molar-refractivity contribution is 0.390. The van der Waals surface area contributed by atoms with E-state index in [0.29, 0.717) is 34.4 Å². The third-order valence-corrected chi connectivity index (χ3v) is 8.37. The molecule has 3 heterocycles. The lowest BCUT2D eigenvalue weighted by Crippen LogP contribution is -2.27. The highest BCUT2D eigenvalue weighted by atomic mass is 32.2. The van der Waals surface area contributed by atoms with Crippen molar-refractivity contribution >= 4 is 9.84 Å². The molecule has 3 aromatic heterocycles. The van der Waals surface area contributed by atoms with Crippen molar-refractivity contribution in [1.29, 1.82) is 0 Å². The van der Waals surface area contributed by atoms with Gasteiger partial charge in [0.2, 0.25) is 0 Å². The van der Waals surface area contributed by atoms with Crippen molar-refractivity contribution in [1.82, 2.24) is 34.5 Å². The largest absolute Gasteiger partial charge is 0.494 e. The van der Waals surface area contributed by atoms with Crippen LogP contribution in [0.4, 0.5) is 0 Å². The van der Waals surface area contributed by atoms with Crippen LogP contribution in [0.5, 0.6) is 11.5 Å². The average molecular weight is 512 g/mol. The Morgan fingerprint density at radius 3 is 2.25 bits per heavy atom. The molecule has 36 heavy (non-hydrogen) atoms. The minimum atomic E-state index is -3.70. The minimum absolute atomic E-state index is 0.215. The van der Waals surface area contributed by atoms with E-state index in [-0.39, 0.29) is 17.5 Å². The van der Waals surface area contributed by atoms with Gasteiger partial charge in [-0.1, -0.05) is 13.0 Å². The predicted molar refractivity (Wildman–Crippen MR) is 134 cm³/mol. The fourth-order valence-corrected chi connectivity index (χ4v) is 5.47. The first kappa shape index (κ1) is 25.3. The van der Waals surface area contributed by atoms with Crippen molar-refractivity contribution < 1.29 is 17.9 Å². The van der Waals surface area contributed by atoms with Crippen molar-refractivity contribution in [2.24, 2.45) is 7.05 Å². The number of sulfone groups is 1. The summed E-state index contributed by atoms with van der Waals surface area (Å²) in [7, 11) is 1.15. The number of rotatable bonds is 9. The van der Waals surface area contributed by atoms with E-state index >= 15 is 0 Å². The van der Waals surface area contributed by atoms with E-state index < -0.39 is 15.1 Å². The zero-order chi connectivity index (χ0) is 26.0. The topological polar surface area (TPSA) is 127 Å². The molecule has 0 spiro atoms. The first-order valence-corrected chi connectivity index (χ1v) is 13.0. The third-order valence-electron chi connectivity index (χ3n) is 6.17. The molecule has 0 saturated carbocycles. The summed E-state index contributed by atoms with van der Waals surface area (Å²) in [6.45, 7) is 5.33. The summed E-state index contributed by atoms with van der Waals surface area (Å²) in [5, 5.41) is 12.3. The van der Waals surface area contributed by atoms with Crippen molar-refractivity contribution in [3.8, 4) is 28.7 Å². The van der Waals surface area contributed by atoms with Crippen LogP contribution in [-0.4, -0.2) is 62.4 Å². The maximum atomic E-state index is 13.6. The monoisotopic (exact) mass is 511 g/mol.